The van der Waals surface area contributed by atoms with Crippen molar-refractivity contribution in [2.24, 2.45) is 0 Å². The zero-order valence-electron chi connectivity index (χ0n) is 16.1. The molecule has 0 aromatic heterocycles. The predicted octanol–water partition coefficient (Wildman–Crippen LogP) is 4.40. The van der Waals surface area contributed by atoms with Crippen LogP contribution in [0.4, 0.5) is 26.3 Å². The highest BCUT2D eigenvalue weighted by atomic mass is 19.4. The number of carbonyl (C=O) groups excluding carboxylic acids is 2. The zero-order chi connectivity index (χ0) is 23.5. The van der Waals surface area contributed by atoms with Gasteiger partial charge in [0.15, 0.2) is 11.5 Å². The molecule has 172 valence electrons. The largest absolute Gasteiger partial charge is 0.573 e. The molecule has 0 spiro atoms. The van der Waals surface area contributed by atoms with E-state index < -0.39 is 52.9 Å². The van der Waals surface area contributed by atoms with Gasteiger partial charge in [0.2, 0.25) is 5.91 Å². The van der Waals surface area contributed by atoms with Gasteiger partial charge in [0.1, 0.15) is 5.75 Å². The van der Waals surface area contributed by atoms with Gasteiger partial charge in [0, 0.05) is 19.0 Å². The fraction of sp³-hybridized carbons (Fsp3) is 0.300. The summed E-state index contributed by atoms with van der Waals surface area (Å²) in [4.78, 5) is 24.2. The summed E-state index contributed by atoms with van der Waals surface area (Å²) < 4.78 is 86.7. The molecule has 2 aromatic carbocycles. The van der Waals surface area contributed by atoms with Gasteiger partial charge in [0.25, 0.3) is 5.91 Å². The van der Waals surface area contributed by atoms with Crippen molar-refractivity contribution in [3.8, 4) is 17.2 Å². The molecule has 32 heavy (non-hydrogen) atoms. The second-order valence-corrected chi connectivity index (χ2v) is 6.82. The Bertz CT molecular complexity index is 1010. The number of hydrogen-bond acceptors (Lipinski definition) is 4. The van der Waals surface area contributed by atoms with E-state index in [4.69, 9.17) is 4.74 Å². The van der Waals surface area contributed by atoms with Gasteiger partial charge in [-0.3, -0.25) is 9.59 Å². The van der Waals surface area contributed by atoms with Gasteiger partial charge in [-0.05, 0) is 36.8 Å². The predicted molar refractivity (Wildman–Crippen MR) is 98.1 cm³/mol. The Kier molecular flexibility index (Phi) is 6.51. The van der Waals surface area contributed by atoms with Crippen molar-refractivity contribution in [2.45, 2.75) is 31.4 Å². The number of halogens is 6. The number of amides is 2. The zero-order valence-corrected chi connectivity index (χ0v) is 16.1. The van der Waals surface area contributed by atoms with Crippen LogP contribution >= 0.6 is 0 Å². The lowest BCUT2D eigenvalue weighted by molar-refractivity contribution is -0.275. The van der Waals surface area contributed by atoms with Crippen LogP contribution in [0.2, 0.25) is 0 Å². The van der Waals surface area contributed by atoms with E-state index in [1.54, 1.807) is 0 Å². The number of piperidine rings is 1. The van der Waals surface area contributed by atoms with Crippen LogP contribution in [0.15, 0.2) is 42.5 Å². The number of hydrogen-bond donors (Lipinski definition) is 2. The van der Waals surface area contributed by atoms with E-state index in [0.717, 1.165) is 18.2 Å². The van der Waals surface area contributed by atoms with Gasteiger partial charge in [-0.2, -0.15) is 13.2 Å². The van der Waals surface area contributed by atoms with E-state index in [0.29, 0.717) is 18.6 Å². The second-order valence-electron chi connectivity index (χ2n) is 6.82. The third kappa shape index (κ3) is 6.05. The van der Waals surface area contributed by atoms with Gasteiger partial charge in [-0.15, -0.1) is 13.2 Å². The van der Waals surface area contributed by atoms with Crippen LogP contribution in [-0.2, 0) is 11.0 Å². The molecule has 3 rings (SSSR count). The van der Waals surface area contributed by atoms with Crippen molar-refractivity contribution in [1.29, 1.82) is 0 Å². The van der Waals surface area contributed by atoms with E-state index in [-0.39, 0.29) is 18.9 Å². The molecule has 2 N–H and O–H groups in total. The van der Waals surface area contributed by atoms with Gasteiger partial charge < -0.3 is 20.1 Å². The Hall–Kier alpha value is -3.44. The van der Waals surface area contributed by atoms with Gasteiger partial charge in [0.05, 0.1) is 11.1 Å². The van der Waals surface area contributed by atoms with Crippen LogP contribution in [0.5, 0.6) is 17.2 Å². The molecule has 1 heterocycles. The number of rotatable bonds is 5. The van der Waals surface area contributed by atoms with E-state index in [1.807, 2.05) is 0 Å². The lowest BCUT2D eigenvalue weighted by atomic mass is 10.0. The molecule has 0 radical (unpaired) electrons. The van der Waals surface area contributed by atoms with Gasteiger partial charge >= 0.3 is 12.5 Å². The minimum absolute atomic E-state index is 0.0663. The number of benzene rings is 2. The summed E-state index contributed by atoms with van der Waals surface area (Å²) in [5, 5.41) is 5.02. The molecule has 0 aliphatic carbocycles. The monoisotopic (exact) mass is 462 g/mol. The molecule has 12 heteroatoms. The van der Waals surface area contributed by atoms with Crippen molar-refractivity contribution >= 4 is 11.8 Å². The first-order valence-electron chi connectivity index (χ1n) is 9.24. The van der Waals surface area contributed by atoms with Crippen LogP contribution in [0.25, 0.3) is 0 Å². The Morgan fingerprint density at radius 2 is 1.69 bits per heavy atom. The number of nitrogens with one attached hydrogen (secondary N) is 2. The van der Waals surface area contributed by atoms with Crippen LogP contribution in [0, 0.1) is 0 Å². The quantitative estimate of drug-likeness (QED) is 0.646. The van der Waals surface area contributed by atoms with Crippen molar-refractivity contribution in [3.05, 3.63) is 53.6 Å². The first-order valence-corrected chi connectivity index (χ1v) is 9.24. The summed E-state index contributed by atoms with van der Waals surface area (Å²) in [7, 11) is 0. The lowest BCUT2D eigenvalue weighted by Gasteiger charge is -2.24. The van der Waals surface area contributed by atoms with Crippen LogP contribution in [0.1, 0.15) is 28.8 Å². The molecular formula is C20H16F6N2O4. The topological polar surface area (TPSA) is 76.7 Å². The average molecular weight is 462 g/mol. The highest BCUT2D eigenvalue weighted by Gasteiger charge is 2.34. The van der Waals surface area contributed by atoms with E-state index >= 15 is 0 Å². The van der Waals surface area contributed by atoms with Crippen molar-refractivity contribution in [1.82, 2.24) is 10.6 Å². The smallest absolute Gasteiger partial charge is 0.453 e. The summed E-state index contributed by atoms with van der Waals surface area (Å²) in [5.41, 5.74) is -1.72. The number of ether oxygens (including phenoxy) is 2. The Morgan fingerprint density at radius 3 is 2.31 bits per heavy atom. The Balaban J connectivity index is 1.94. The van der Waals surface area contributed by atoms with Crippen LogP contribution in [-0.4, -0.2) is 30.8 Å². The molecule has 6 nitrogen and oxygen atoms in total. The number of alkyl halides is 6. The summed E-state index contributed by atoms with van der Waals surface area (Å²) in [6.45, 7) is 0.276. The molecule has 1 fully saturated rings. The molecule has 1 aliphatic heterocycles. The minimum atomic E-state index is -5.04. The summed E-state index contributed by atoms with van der Waals surface area (Å²) in [5.74, 6) is -2.93. The van der Waals surface area contributed by atoms with E-state index in [1.165, 1.54) is 12.1 Å². The summed E-state index contributed by atoms with van der Waals surface area (Å²) in [6.07, 6.45) is -9.53. The first-order chi connectivity index (χ1) is 14.9. The molecule has 1 atom stereocenters. The highest BCUT2D eigenvalue weighted by Crippen LogP contribution is 2.38. The van der Waals surface area contributed by atoms with Crippen molar-refractivity contribution < 1.29 is 45.4 Å². The average Bonchev–Trinajstić information content (AvgIpc) is 2.68. The van der Waals surface area contributed by atoms with Crippen molar-refractivity contribution in [2.75, 3.05) is 6.54 Å². The fourth-order valence-corrected chi connectivity index (χ4v) is 3.00. The highest BCUT2D eigenvalue weighted by molar-refractivity contribution is 5.97. The minimum Gasteiger partial charge on any atom is -0.453 e. The molecule has 1 aliphatic rings. The number of para-hydroxylation sites is 2. The molecule has 1 saturated heterocycles. The maximum Gasteiger partial charge on any atom is 0.573 e. The van der Waals surface area contributed by atoms with E-state index in [2.05, 4.69) is 15.4 Å². The molecular weight excluding hydrogens is 446 g/mol. The maximum atomic E-state index is 13.2. The van der Waals surface area contributed by atoms with Crippen LogP contribution < -0.4 is 20.1 Å². The summed E-state index contributed by atoms with van der Waals surface area (Å²) >= 11 is 0. The lowest BCUT2D eigenvalue weighted by Crippen LogP contribution is -2.45. The molecule has 0 bridgehead atoms. The fourth-order valence-electron chi connectivity index (χ4n) is 3.00. The number of carbonyl (C=O) groups is 2. The Labute approximate surface area is 177 Å². The van der Waals surface area contributed by atoms with Gasteiger partial charge in [-0.1, -0.05) is 12.1 Å². The molecule has 2 amide bonds. The third-order valence-corrected chi connectivity index (χ3v) is 4.43. The molecule has 2 aromatic rings. The first kappa shape index (κ1) is 23.2. The molecule has 1 unspecified atom stereocenters. The summed E-state index contributed by atoms with van der Waals surface area (Å²) in [6, 6.07) is 5.98. The maximum absolute atomic E-state index is 13.2. The normalized spacial score (nSPS) is 16.8. The van der Waals surface area contributed by atoms with Crippen molar-refractivity contribution in [3.63, 3.8) is 0 Å². The molecule has 0 saturated carbocycles. The standard InChI is InChI=1S/C20H16F6N2O4/c21-19(22,23)11-5-6-14(31-15-3-1-2-4-16(15)32-20(24,25)26)13(9-11)18(30)28-12-7-8-27-17(29)10-12/h1-6,9,12H,7-8,10H2,(H,27,29)(H,28,30). The third-order valence-electron chi connectivity index (χ3n) is 4.43. The van der Waals surface area contributed by atoms with Gasteiger partial charge in [-0.25, -0.2) is 0 Å². The van der Waals surface area contributed by atoms with Crippen LogP contribution in [0.3, 0.4) is 0 Å². The van der Waals surface area contributed by atoms with E-state index in [9.17, 15) is 35.9 Å². The SMILES string of the molecule is O=C1CC(NC(=O)c2cc(C(F)(F)F)ccc2Oc2ccccc2OC(F)(F)F)CCN1. The second kappa shape index (κ2) is 8.97. The Morgan fingerprint density at radius 1 is 1.00 bits per heavy atom.